The topological polar surface area (TPSA) is 66.4 Å². The van der Waals surface area contributed by atoms with Crippen LogP contribution in [0.1, 0.15) is 25.7 Å². The van der Waals surface area contributed by atoms with Crippen molar-refractivity contribution >= 4 is 45.1 Å². The number of unbranched alkanes of at least 4 members (excludes halogenated alkanes) is 1. The molecule has 0 saturated carbocycles. The number of benzene rings is 1. The van der Waals surface area contributed by atoms with Gasteiger partial charge in [0.25, 0.3) is 0 Å². The number of carbonyl (C=O) groups excluding carboxylic acids is 1. The molecule has 4 nitrogen and oxygen atoms in total. The van der Waals surface area contributed by atoms with Crippen molar-refractivity contribution in [3.05, 3.63) is 27.7 Å². The van der Waals surface area contributed by atoms with Crippen molar-refractivity contribution in [2.24, 2.45) is 0 Å². The van der Waals surface area contributed by atoms with Crippen molar-refractivity contribution in [2.45, 2.75) is 25.7 Å². The van der Waals surface area contributed by atoms with Gasteiger partial charge >= 0.3 is 5.97 Å². The fourth-order valence-corrected chi connectivity index (χ4v) is 1.91. The number of carbonyl (C=O) groups is 2. The first-order valence-electron chi connectivity index (χ1n) is 5.46. The van der Waals surface area contributed by atoms with E-state index in [0.717, 1.165) is 0 Å². The molecule has 0 fully saturated rings. The number of hydrogen-bond donors (Lipinski definition) is 2. The van der Waals surface area contributed by atoms with Gasteiger partial charge in [-0.3, -0.25) is 9.59 Å². The van der Waals surface area contributed by atoms with Crippen LogP contribution in [0.4, 0.5) is 5.69 Å². The molecule has 1 amide bonds. The van der Waals surface area contributed by atoms with Crippen LogP contribution in [-0.4, -0.2) is 17.0 Å². The first-order chi connectivity index (χ1) is 8.50. The Morgan fingerprint density at radius 1 is 1.28 bits per heavy atom. The van der Waals surface area contributed by atoms with Crippen molar-refractivity contribution in [1.29, 1.82) is 0 Å². The van der Waals surface area contributed by atoms with E-state index in [1.165, 1.54) is 0 Å². The highest BCUT2D eigenvalue weighted by Crippen LogP contribution is 2.30. The highest BCUT2D eigenvalue weighted by atomic mass is 79.9. The number of nitrogens with one attached hydrogen (secondary N) is 1. The van der Waals surface area contributed by atoms with Gasteiger partial charge in [0.05, 0.1) is 15.2 Å². The molecule has 0 aliphatic carbocycles. The summed E-state index contributed by atoms with van der Waals surface area (Å²) in [5.41, 5.74) is 0.616. The van der Waals surface area contributed by atoms with E-state index >= 15 is 0 Å². The third-order valence-corrected chi connectivity index (χ3v) is 3.67. The van der Waals surface area contributed by atoms with Gasteiger partial charge in [-0.15, -0.1) is 0 Å². The van der Waals surface area contributed by atoms with Crippen molar-refractivity contribution in [3.63, 3.8) is 0 Å². The van der Waals surface area contributed by atoms with Crippen LogP contribution in [0.5, 0.6) is 0 Å². The molecule has 0 saturated heterocycles. The molecule has 98 valence electrons. The molecular formula is C12H13BrClNO3. The van der Waals surface area contributed by atoms with Crippen LogP contribution >= 0.6 is 27.5 Å². The van der Waals surface area contributed by atoms with E-state index in [1.807, 2.05) is 0 Å². The fraction of sp³-hybridized carbons (Fsp3) is 0.333. The van der Waals surface area contributed by atoms with Gasteiger partial charge < -0.3 is 10.4 Å². The molecule has 0 aliphatic rings. The largest absolute Gasteiger partial charge is 0.481 e. The summed E-state index contributed by atoms with van der Waals surface area (Å²) in [6, 6.07) is 5.20. The number of anilines is 1. The molecule has 1 aromatic carbocycles. The Labute approximate surface area is 118 Å². The van der Waals surface area contributed by atoms with Gasteiger partial charge in [0.1, 0.15) is 0 Å². The minimum Gasteiger partial charge on any atom is -0.481 e. The molecule has 0 unspecified atom stereocenters. The number of rotatable bonds is 6. The molecule has 2 N–H and O–H groups in total. The van der Waals surface area contributed by atoms with E-state index in [0.29, 0.717) is 34.4 Å². The summed E-state index contributed by atoms with van der Waals surface area (Å²) >= 11 is 9.18. The Bertz CT molecular complexity index is 451. The lowest BCUT2D eigenvalue weighted by atomic mass is 10.2. The van der Waals surface area contributed by atoms with Crippen LogP contribution in [0.15, 0.2) is 22.7 Å². The van der Waals surface area contributed by atoms with Gasteiger partial charge in [-0.05, 0) is 40.9 Å². The zero-order chi connectivity index (χ0) is 13.5. The fourth-order valence-electron chi connectivity index (χ4n) is 1.37. The lowest BCUT2D eigenvalue weighted by molar-refractivity contribution is -0.137. The van der Waals surface area contributed by atoms with Crippen LogP contribution in [0.3, 0.4) is 0 Å². The molecule has 6 heteroatoms. The minimum absolute atomic E-state index is 0.0914. The van der Waals surface area contributed by atoms with Crippen molar-refractivity contribution in [2.75, 3.05) is 5.32 Å². The molecule has 0 spiro atoms. The van der Waals surface area contributed by atoms with Gasteiger partial charge in [-0.25, -0.2) is 0 Å². The lowest BCUT2D eigenvalue weighted by Gasteiger charge is -2.08. The molecule has 18 heavy (non-hydrogen) atoms. The lowest BCUT2D eigenvalue weighted by Crippen LogP contribution is -2.11. The number of halogens is 2. The molecule has 0 aliphatic heterocycles. The molecule has 1 aromatic rings. The van der Waals surface area contributed by atoms with Crippen LogP contribution < -0.4 is 5.32 Å². The van der Waals surface area contributed by atoms with Gasteiger partial charge in [-0.2, -0.15) is 0 Å². The first-order valence-corrected chi connectivity index (χ1v) is 6.63. The smallest absolute Gasteiger partial charge is 0.303 e. The Morgan fingerprint density at radius 2 is 1.94 bits per heavy atom. The highest BCUT2D eigenvalue weighted by Gasteiger charge is 2.08. The summed E-state index contributed by atoms with van der Waals surface area (Å²) in [5, 5.41) is 11.7. The Balaban J connectivity index is 2.40. The van der Waals surface area contributed by atoms with Gasteiger partial charge in [0, 0.05) is 12.8 Å². The molecule has 0 bridgehead atoms. The summed E-state index contributed by atoms with van der Waals surface area (Å²) in [6.45, 7) is 0. The van der Waals surface area contributed by atoms with E-state index < -0.39 is 5.97 Å². The van der Waals surface area contributed by atoms with Gasteiger partial charge in [-0.1, -0.05) is 17.7 Å². The normalized spacial score (nSPS) is 10.1. The third kappa shape index (κ3) is 5.06. The molecule has 0 atom stereocenters. The Morgan fingerprint density at radius 3 is 2.61 bits per heavy atom. The summed E-state index contributed by atoms with van der Waals surface area (Å²) < 4.78 is 0.644. The highest BCUT2D eigenvalue weighted by molar-refractivity contribution is 9.10. The number of carboxylic acid groups (broad SMARTS) is 1. The molecule has 0 radical (unpaired) electrons. The number of hydrogen-bond acceptors (Lipinski definition) is 2. The van der Waals surface area contributed by atoms with Crippen LogP contribution in [-0.2, 0) is 9.59 Å². The average molecular weight is 335 g/mol. The predicted octanol–water partition coefficient (Wildman–Crippen LogP) is 3.69. The van der Waals surface area contributed by atoms with Crippen LogP contribution in [0, 0.1) is 0 Å². The second kappa shape index (κ2) is 7.38. The molecule has 0 aromatic heterocycles. The molecule has 1 rings (SSSR count). The van der Waals surface area contributed by atoms with Gasteiger partial charge in [0.2, 0.25) is 5.91 Å². The number of carboxylic acids is 1. The number of aliphatic carboxylic acids is 1. The number of amides is 1. The zero-order valence-electron chi connectivity index (χ0n) is 9.58. The Hall–Kier alpha value is -1.07. The predicted molar refractivity (Wildman–Crippen MR) is 73.9 cm³/mol. The van der Waals surface area contributed by atoms with E-state index in [9.17, 15) is 9.59 Å². The van der Waals surface area contributed by atoms with Crippen molar-refractivity contribution < 1.29 is 14.7 Å². The first kappa shape index (κ1) is 15.0. The van der Waals surface area contributed by atoms with E-state index in [4.69, 9.17) is 16.7 Å². The standard InChI is InChI=1S/C12H13BrClNO3/c13-12-8(14)4-3-5-9(12)15-10(16)6-1-2-7-11(17)18/h3-5H,1-2,6-7H2,(H,15,16)(H,17,18). The maximum atomic E-state index is 11.6. The summed E-state index contributed by atoms with van der Waals surface area (Å²) in [7, 11) is 0. The van der Waals surface area contributed by atoms with Crippen molar-refractivity contribution in [3.8, 4) is 0 Å². The van der Waals surface area contributed by atoms with Crippen LogP contribution in [0.2, 0.25) is 5.02 Å². The maximum absolute atomic E-state index is 11.6. The average Bonchev–Trinajstić information content (AvgIpc) is 2.30. The summed E-state index contributed by atoms with van der Waals surface area (Å²) in [4.78, 5) is 21.9. The quantitative estimate of drug-likeness (QED) is 0.780. The third-order valence-electron chi connectivity index (χ3n) is 2.27. The second-order valence-electron chi connectivity index (χ2n) is 3.75. The molecule has 0 heterocycles. The van der Waals surface area contributed by atoms with Gasteiger partial charge in [0.15, 0.2) is 0 Å². The minimum atomic E-state index is -0.840. The van der Waals surface area contributed by atoms with E-state index in [-0.39, 0.29) is 12.3 Å². The van der Waals surface area contributed by atoms with Crippen molar-refractivity contribution in [1.82, 2.24) is 0 Å². The second-order valence-corrected chi connectivity index (χ2v) is 4.95. The monoisotopic (exact) mass is 333 g/mol. The summed E-state index contributed by atoms with van der Waals surface area (Å²) in [5.74, 6) is -0.989. The van der Waals surface area contributed by atoms with E-state index in [2.05, 4.69) is 21.2 Å². The van der Waals surface area contributed by atoms with E-state index in [1.54, 1.807) is 18.2 Å². The SMILES string of the molecule is O=C(O)CCCCC(=O)Nc1cccc(Cl)c1Br. The maximum Gasteiger partial charge on any atom is 0.303 e. The zero-order valence-corrected chi connectivity index (χ0v) is 11.9. The summed E-state index contributed by atoms with van der Waals surface area (Å²) in [6.07, 6.45) is 1.44. The molecular weight excluding hydrogens is 321 g/mol. The Kier molecular flexibility index (Phi) is 6.15. The van der Waals surface area contributed by atoms with Crippen LogP contribution in [0.25, 0.3) is 0 Å².